The second kappa shape index (κ2) is 3.23. The summed E-state index contributed by atoms with van der Waals surface area (Å²) in [7, 11) is 0. The van der Waals surface area contributed by atoms with Crippen molar-refractivity contribution in [3.05, 3.63) is 4.43 Å². The second-order valence-electron chi connectivity index (χ2n) is 1.25. The van der Waals surface area contributed by atoms with Gasteiger partial charge in [-0.3, -0.25) is 4.79 Å². The van der Waals surface area contributed by atoms with Crippen molar-refractivity contribution >= 4 is 28.6 Å². The summed E-state index contributed by atoms with van der Waals surface area (Å²) in [5.41, 5.74) is 0. The SMILES string of the molecule is C[C@H]([CH]I)C(=O)O. The van der Waals surface area contributed by atoms with Gasteiger partial charge >= 0.3 is 5.97 Å². The first-order valence-corrected chi connectivity index (χ1v) is 3.09. The van der Waals surface area contributed by atoms with Crippen molar-refractivity contribution in [2.24, 2.45) is 5.92 Å². The molecule has 1 atom stereocenters. The number of hydrogen-bond acceptors (Lipinski definition) is 1. The molecule has 0 rings (SSSR count). The summed E-state index contributed by atoms with van der Waals surface area (Å²) < 4.78 is 1.61. The van der Waals surface area contributed by atoms with Gasteiger partial charge in [0, 0.05) is 4.43 Å². The molecule has 1 radical (unpaired) electrons. The molecule has 0 aromatic heterocycles. The maximum Gasteiger partial charge on any atom is 0.307 e. The minimum atomic E-state index is -0.769. The van der Waals surface area contributed by atoms with E-state index in [0.717, 1.165) is 0 Å². The summed E-state index contributed by atoms with van der Waals surface area (Å²) in [6, 6.07) is 0. The normalized spacial score (nSPS) is 13.4. The van der Waals surface area contributed by atoms with Crippen LogP contribution in [-0.4, -0.2) is 11.1 Å². The number of hydrogen-bond donors (Lipinski definition) is 1. The standard InChI is InChI=1S/C4H6IO2/c1-3(2-5)4(6)7/h2-3H,1H3,(H,6,7)/t3-/m1/s1. The van der Waals surface area contributed by atoms with E-state index in [9.17, 15) is 4.79 Å². The molecule has 0 unspecified atom stereocenters. The lowest BCUT2D eigenvalue weighted by Crippen LogP contribution is -2.06. The van der Waals surface area contributed by atoms with Gasteiger partial charge in [-0.2, -0.15) is 0 Å². The predicted molar refractivity (Wildman–Crippen MR) is 35.1 cm³/mol. The maximum absolute atomic E-state index is 9.89. The zero-order chi connectivity index (χ0) is 5.86. The maximum atomic E-state index is 9.89. The molecule has 0 aliphatic rings. The molecule has 41 valence electrons. The zero-order valence-corrected chi connectivity index (χ0v) is 6.05. The molecule has 0 saturated carbocycles. The van der Waals surface area contributed by atoms with Gasteiger partial charge in [0.2, 0.25) is 0 Å². The lowest BCUT2D eigenvalue weighted by molar-refractivity contribution is -0.139. The van der Waals surface area contributed by atoms with Gasteiger partial charge in [0.1, 0.15) is 0 Å². The highest BCUT2D eigenvalue weighted by molar-refractivity contribution is 14.1. The Labute approximate surface area is 56.1 Å². The van der Waals surface area contributed by atoms with Crippen LogP contribution in [0.5, 0.6) is 0 Å². The van der Waals surface area contributed by atoms with Gasteiger partial charge in [-0.15, -0.1) is 0 Å². The molecular formula is C4H6IO2. The van der Waals surface area contributed by atoms with Crippen LogP contribution in [0.4, 0.5) is 0 Å². The fourth-order valence-electron chi connectivity index (χ4n) is 0.0539. The van der Waals surface area contributed by atoms with Crippen molar-refractivity contribution in [3.8, 4) is 0 Å². The van der Waals surface area contributed by atoms with Crippen molar-refractivity contribution in [3.63, 3.8) is 0 Å². The first-order valence-electron chi connectivity index (χ1n) is 1.85. The van der Waals surface area contributed by atoms with Gasteiger partial charge in [-0.25, -0.2) is 0 Å². The number of rotatable bonds is 2. The van der Waals surface area contributed by atoms with Crippen LogP contribution in [0.1, 0.15) is 6.92 Å². The van der Waals surface area contributed by atoms with Crippen LogP contribution in [-0.2, 0) is 4.79 Å². The van der Waals surface area contributed by atoms with Crippen LogP contribution in [0.3, 0.4) is 0 Å². The molecule has 0 saturated heterocycles. The third-order valence-electron chi connectivity index (χ3n) is 0.579. The average molecular weight is 213 g/mol. The minimum Gasteiger partial charge on any atom is -0.481 e. The summed E-state index contributed by atoms with van der Waals surface area (Å²) in [6.45, 7) is 1.63. The smallest absolute Gasteiger partial charge is 0.307 e. The Hall–Kier alpha value is 0.200. The summed E-state index contributed by atoms with van der Waals surface area (Å²) in [6.07, 6.45) is 0. The second-order valence-corrected chi connectivity index (χ2v) is 1.97. The van der Waals surface area contributed by atoms with Crippen molar-refractivity contribution < 1.29 is 9.90 Å². The fraction of sp³-hybridized carbons (Fsp3) is 0.500. The molecule has 0 aliphatic carbocycles. The summed E-state index contributed by atoms with van der Waals surface area (Å²) in [5.74, 6) is -1.09. The molecule has 0 heterocycles. The molecule has 7 heavy (non-hydrogen) atoms. The quantitative estimate of drug-likeness (QED) is 0.702. The number of carbonyl (C=O) groups is 1. The summed E-state index contributed by atoms with van der Waals surface area (Å²) in [4.78, 5) is 9.89. The third-order valence-corrected chi connectivity index (χ3v) is 1.66. The van der Waals surface area contributed by atoms with Gasteiger partial charge in [-0.05, 0) is 0 Å². The highest BCUT2D eigenvalue weighted by Crippen LogP contribution is 2.04. The van der Waals surface area contributed by atoms with Crippen LogP contribution in [0.15, 0.2) is 0 Å². The van der Waals surface area contributed by atoms with Crippen LogP contribution >= 0.6 is 22.6 Å². The zero-order valence-electron chi connectivity index (χ0n) is 3.89. The van der Waals surface area contributed by atoms with Gasteiger partial charge < -0.3 is 5.11 Å². The Morgan fingerprint density at radius 2 is 2.43 bits per heavy atom. The lowest BCUT2D eigenvalue weighted by atomic mass is 10.2. The van der Waals surface area contributed by atoms with Crippen LogP contribution in [0.25, 0.3) is 0 Å². The van der Waals surface area contributed by atoms with Crippen molar-refractivity contribution in [1.29, 1.82) is 0 Å². The fourth-order valence-corrected chi connectivity index (χ4v) is 0.361. The molecular weight excluding hydrogens is 207 g/mol. The van der Waals surface area contributed by atoms with Gasteiger partial charge in [0.25, 0.3) is 0 Å². The van der Waals surface area contributed by atoms with Crippen molar-refractivity contribution in [2.45, 2.75) is 6.92 Å². The Morgan fingerprint density at radius 1 is 2.00 bits per heavy atom. The molecule has 0 aliphatic heterocycles. The molecule has 0 aromatic rings. The number of carboxylic acid groups (broad SMARTS) is 1. The van der Waals surface area contributed by atoms with E-state index in [2.05, 4.69) is 0 Å². The monoisotopic (exact) mass is 213 g/mol. The molecule has 0 amide bonds. The third kappa shape index (κ3) is 2.85. The molecule has 0 spiro atoms. The topological polar surface area (TPSA) is 37.3 Å². The largest absolute Gasteiger partial charge is 0.481 e. The Bertz CT molecular complexity index is 72.1. The van der Waals surface area contributed by atoms with E-state index >= 15 is 0 Å². The summed E-state index contributed by atoms with van der Waals surface area (Å²) >= 11 is 1.92. The Balaban J connectivity index is 3.34. The minimum absolute atomic E-state index is 0.319. The van der Waals surface area contributed by atoms with Crippen LogP contribution < -0.4 is 0 Å². The lowest BCUT2D eigenvalue weighted by Gasteiger charge is -1.94. The molecule has 3 heteroatoms. The highest BCUT2D eigenvalue weighted by Gasteiger charge is 2.06. The molecule has 1 N–H and O–H groups in total. The number of halogens is 1. The van der Waals surface area contributed by atoms with Crippen molar-refractivity contribution in [2.75, 3.05) is 0 Å². The first-order chi connectivity index (χ1) is 3.18. The van der Waals surface area contributed by atoms with Crippen LogP contribution in [0, 0.1) is 10.3 Å². The number of aliphatic carboxylic acids is 1. The van der Waals surface area contributed by atoms with Gasteiger partial charge in [-0.1, -0.05) is 29.5 Å². The summed E-state index contributed by atoms with van der Waals surface area (Å²) in [5, 5.41) is 8.15. The molecule has 2 nitrogen and oxygen atoms in total. The van der Waals surface area contributed by atoms with E-state index in [4.69, 9.17) is 5.11 Å². The Morgan fingerprint density at radius 3 is 2.43 bits per heavy atom. The van der Waals surface area contributed by atoms with E-state index in [1.54, 1.807) is 11.4 Å². The van der Waals surface area contributed by atoms with E-state index in [0.29, 0.717) is 0 Å². The Kier molecular flexibility index (Phi) is 3.33. The predicted octanol–water partition coefficient (Wildman–Crippen LogP) is 1.30. The van der Waals surface area contributed by atoms with E-state index in [1.165, 1.54) is 0 Å². The number of carboxylic acids is 1. The molecule has 0 fully saturated rings. The van der Waals surface area contributed by atoms with Gasteiger partial charge in [0.05, 0.1) is 5.92 Å². The average Bonchev–Trinajstić information content (AvgIpc) is 1.65. The highest BCUT2D eigenvalue weighted by atomic mass is 127. The molecule has 0 aromatic carbocycles. The van der Waals surface area contributed by atoms with E-state index in [1.807, 2.05) is 22.6 Å². The van der Waals surface area contributed by atoms with E-state index in [-0.39, 0.29) is 5.92 Å². The molecule has 0 bridgehead atoms. The van der Waals surface area contributed by atoms with Crippen LogP contribution in [0.2, 0.25) is 0 Å². The van der Waals surface area contributed by atoms with Crippen molar-refractivity contribution in [1.82, 2.24) is 0 Å². The van der Waals surface area contributed by atoms with Gasteiger partial charge in [0.15, 0.2) is 0 Å². The first kappa shape index (κ1) is 7.20. The van der Waals surface area contributed by atoms with E-state index < -0.39 is 5.97 Å².